The molecule has 0 atom stereocenters. The second kappa shape index (κ2) is 4.24. The van der Waals surface area contributed by atoms with Gasteiger partial charge in [0.15, 0.2) is 0 Å². The van der Waals surface area contributed by atoms with Gasteiger partial charge in [-0.05, 0) is 28.4 Å². The Balaban J connectivity index is 3.05. The summed E-state index contributed by atoms with van der Waals surface area (Å²) in [6, 6.07) is 0. The standard InChI is InChI=1S/C9H16BrN3/c1-6(2)8-9(10)13(3)7(12-8)4-5-11/h6H,4-5,11H2,1-3H3. The van der Waals surface area contributed by atoms with E-state index in [-0.39, 0.29) is 0 Å². The van der Waals surface area contributed by atoms with Crippen molar-refractivity contribution in [3.8, 4) is 0 Å². The van der Waals surface area contributed by atoms with Crippen LogP contribution in [0.3, 0.4) is 0 Å². The number of hydrogen-bond acceptors (Lipinski definition) is 2. The van der Waals surface area contributed by atoms with E-state index in [1.54, 1.807) is 0 Å². The summed E-state index contributed by atoms with van der Waals surface area (Å²) < 4.78 is 3.13. The Morgan fingerprint density at radius 2 is 2.15 bits per heavy atom. The molecule has 0 aliphatic carbocycles. The number of hydrogen-bond donors (Lipinski definition) is 1. The number of rotatable bonds is 3. The average Bonchev–Trinajstić information content (AvgIpc) is 2.33. The van der Waals surface area contributed by atoms with Gasteiger partial charge in [0.2, 0.25) is 0 Å². The lowest BCUT2D eigenvalue weighted by atomic mass is 10.2. The van der Waals surface area contributed by atoms with E-state index in [1.165, 1.54) is 0 Å². The first-order chi connectivity index (χ1) is 6.07. The van der Waals surface area contributed by atoms with Crippen LogP contribution in [0.4, 0.5) is 0 Å². The first kappa shape index (κ1) is 10.7. The molecule has 0 aliphatic heterocycles. The van der Waals surface area contributed by atoms with Gasteiger partial charge in [-0.15, -0.1) is 0 Å². The molecule has 1 aromatic rings. The van der Waals surface area contributed by atoms with Crippen molar-refractivity contribution in [2.24, 2.45) is 12.8 Å². The maximum atomic E-state index is 5.50. The molecular formula is C9H16BrN3. The summed E-state index contributed by atoms with van der Waals surface area (Å²) in [4.78, 5) is 4.53. The second-order valence-electron chi connectivity index (χ2n) is 3.46. The van der Waals surface area contributed by atoms with Crippen LogP contribution >= 0.6 is 15.9 Å². The number of nitrogens with two attached hydrogens (primary N) is 1. The number of aromatic nitrogens is 2. The van der Waals surface area contributed by atoms with E-state index in [4.69, 9.17) is 5.73 Å². The molecule has 74 valence electrons. The van der Waals surface area contributed by atoms with Crippen LogP contribution in [0, 0.1) is 0 Å². The summed E-state index contributed by atoms with van der Waals surface area (Å²) in [7, 11) is 2.01. The van der Waals surface area contributed by atoms with Gasteiger partial charge in [0.25, 0.3) is 0 Å². The Hall–Kier alpha value is -0.350. The fourth-order valence-corrected chi connectivity index (χ4v) is 2.02. The Labute approximate surface area is 87.5 Å². The van der Waals surface area contributed by atoms with E-state index in [1.807, 2.05) is 7.05 Å². The molecule has 0 spiro atoms. The highest BCUT2D eigenvalue weighted by Crippen LogP contribution is 2.24. The lowest BCUT2D eigenvalue weighted by molar-refractivity contribution is 0.767. The SMILES string of the molecule is CC(C)c1nc(CCN)n(C)c1Br. The van der Waals surface area contributed by atoms with Gasteiger partial charge < -0.3 is 10.3 Å². The molecule has 0 saturated heterocycles. The van der Waals surface area contributed by atoms with E-state index in [0.29, 0.717) is 12.5 Å². The highest BCUT2D eigenvalue weighted by molar-refractivity contribution is 9.10. The predicted molar refractivity (Wildman–Crippen MR) is 57.8 cm³/mol. The zero-order valence-corrected chi connectivity index (χ0v) is 9.93. The van der Waals surface area contributed by atoms with Gasteiger partial charge >= 0.3 is 0 Å². The molecule has 0 saturated carbocycles. The van der Waals surface area contributed by atoms with Gasteiger partial charge in [-0.2, -0.15) is 0 Å². The predicted octanol–water partition coefficient (Wildman–Crippen LogP) is 1.81. The topological polar surface area (TPSA) is 43.8 Å². The molecule has 1 aromatic heterocycles. The maximum Gasteiger partial charge on any atom is 0.110 e. The molecule has 1 heterocycles. The zero-order valence-electron chi connectivity index (χ0n) is 8.34. The van der Waals surface area contributed by atoms with E-state index in [2.05, 4.69) is 39.3 Å². The third-order valence-electron chi connectivity index (χ3n) is 2.06. The monoisotopic (exact) mass is 245 g/mol. The molecule has 0 amide bonds. The van der Waals surface area contributed by atoms with Crippen molar-refractivity contribution in [1.82, 2.24) is 9.55 Å². The molecule has 13 heavy (non-hydrogen) atoms. The fourth-order valence-electron chi connectivity index (χ4n) is 1.27. The Bertz CT molecular complexity index is 291. The molecular weight excluding hydrogens is 230 g/mol. The van der Waals surface area contributed by atoms with E-state index in [9.17, 15) is 0 Å². The highest BCUT2D eigenvalue weighted by Gasteiger charge is 2.13. The number of nitrogens with zero attached hydrogens (tertiary/aromatic N) is 2. The molecule has 1 rings (SSSR count). The smallest absolute Gasteiger partial charge is 0.110 e. The lowest BCUT2D eigenvalue weighted by Crippen LogP contribution is -2.07. The first-order valence-corrected chi connectivity index (χ1v) is 5.28. The van der Waals surface area contributed by atoms with Crippen LogP contribution in [-0.2, 0) is 13.5 Å². The summed E-state index contributed by atoms with van der Waals surface area (Å²) in [6.45, 7) is 4.92. The second-order valence-corrected chi connectivity index (χ2v) is 4.21. The number of halogens is 1. The van der Waals surface area contributed by atoms with Gasteiger partial charge in [0, 0.05) is 13.5 Å². The quantitative estimate of drug-likeness (QED) is 0.883. The molecule has 0 radical (unpaired) electrons. The van der Waals surface area contributed by atoms with Crippen LogP contribution in [0.5, 0.6) is 0 Å². The molecule has 0 aliphatic rings. The third-order valence-corrected chi connectivity index (χ3v) is 3.00. The minimum absolute atomic E-state index is 0.451. The normalized spacial score (nSPS) is 11.2. The first-order valence-electron chi connectivity index (χ1n) is 4.49. The van der Waals surface area contributed by atoms with Crippen LogP contribution in [0.1, 0.15) is 31.3 Å². The molecule has 2 N–H and O–H groups in total. The van der Waals surface area contributed by atoms with Gasteiger partial charge in [-0.1, -0.05) is 13.8 Å². The summed E-state index contributed by atoms with van der Waals surface area (Å²) >= 11 is 3.53. The molecule has 0 unspecified atom stereocenters. The van der Waals surface area contributed by atoms with Crippen molar-refractivity contribution >= 4 is 15.9 Å². The van der Waals surface area contributed by atoms with Crippen molar-refractivity contribution in [3.05, 3.63) is 16.1 Å². The summed E-state index contributed by atoms with van der Waals surface area (Å²) in [5.41, 5.74) is 6.61. The van der Waals surface area contributed by atoms with Crippen LogP contribution < -0.4 is 5.73 Å². The molecule has 0 bridgehead atoms. The van der Waals surface area contributed by atoms with Crippen molar-refractivity contribution in [3.63, 3.8) is 0 Å². The molecule has 4 heteroatoms. The largest absolute Gasteiger partial charge is 0.330 e. The van der Waals surface area contributed by atoms with E-state index < -0.39 is 0 Å². The summed E-state index contributed by atoms with van der Waals surface area (Å²) in [5, 5.41) is 0. The average molecular weight is 246 g/mol. The van der Waals surface area contributed by atoms with Crippen molar-refractivity contribution in [2.45, 2.75) is 26.2 Å². The Morgan fingerprint density at radius 3 is 2.54 bits per heavy atom. The van der Waals surface area contributed by atoms with Crippen LogP contribution in [0.15, 0.2) is 4.60 Å². The maximum absolute atomic E-state index is 5.50. The molecule has 3 nitrogen and oxygen atoms in total. The number of imidazole rings is 1. The minimum Gasteiger partial charge on any atom is -0.330 e. The van der Waals surface area contributed by atoms with Crippen LogP contribution in [0.25, 0.3) is 0 Å². The van der Waals surface area contributed by atoms with Crippen molar-refractivity contribution in [1.29, 1.82) is 0 Å². The van der Waals surface area contributed by atoms with Gasteiger partial charge in [0.1, 0.15) is 10.4 Å². The van der Waals surface area contributed by atoms with Crippen molar-refractivity contribution < 1.29 is 0 Å². The zero-order chi connectivity index (χ0) is 10.0. The lowest BCUT2D eigenvalue weighted by Gasteiger charge is -2.00. The summed E-state index contributed by atoms with van der Waals surface area (Å²) in [5.74, 6) is 1.50. The molecule has 0 fully saturated rings. The third kappa shape index (κ3) is 2.11. The van der Waals surface area contributed by atoms with E-state index in [0.717, 1.165) is 22.5 Å². The van der Waals surface area contributed by atoms with Crippen molar-refractivity contribution in [2.75, 3.05) is 6.54 Å². The van der Waals surface area contributed by atoms with Gasteiger partial charge in [-0.25, -0.2) is 4.98 Å². The Kier molecular flexibility index (Phi) is 3.50. The van der Waals surface area contributed by atoms with Gasteiger partial charge in [0.05, 0.1) is 5.69 Å². The van der Waals surface area contributed by atoms with Crippen LogP contribution in [-0.4, -0.2) is 16.1 Å². The van der Waals surface area contributed by atoms with E-state index >= 15 is 0 Å². The molecule has 0 aromatic carbocycles. The minimum atomic E-state index is 0.451. The van der Waals surface area contributed by atoms with Crippen LogP contribution in [0.2, 0.25) is 0 Å². The summed E-state index contributed by atoms with van der Waals surface area (Å²) in [6.07, 6.45) is 0.835. The fraction of sp³-hybridized carbons (Fsp3) is 0.667. The highest BCUT2D eigenvalue weighted by atomic mass is 79.9. The van der Waals surface area contributed by atoms with Gasteiger partial charge in [-0.3, -0.25) is 0 Å². The Morgan fingerprint density at radius 1 is 1.54 bits per heavy atom.